The highest BCUT2D eigenvalue weighted by atomic mass is 32.2. The molecule has 4 N–H and O–H groups in total. The number of anilines is 2. The quantitative estimate of drug-likeness (QED) is 0.0571. The van der Waals surface area contributed by atoms with Crippen molar-refractivity contribution in [2.24, 2.45) is 14.1 Å². The van der Waals surface area contributed by atoms with Gasteiger partial charge in [0.15, 0.2) is 0 Å². The Morgan fingerprint density at radius 3 is 2.03 bits per heavy atom. The molecule has 0 saturated heterocycles. The van der Waals surface area contributed by atoms with Gasteiger partial charge in [-0.3, -0.25) is 23.4 Å². The number of aryl methyl sites for hydroxylation is 3. The summed E-state index contributed by atoms with van der Waals surface area (Å²) in [6.07, 6.45) is 1.37. The van der Waals surface area contributed by atoms with Crippen molar-refractivity contribution in [1.82, 2.24) is 19.4 Å². The van der Waals surface area contributed by atoms with E-state index in [1.54, 1.807) is 62.6 Å². The zero-order valence-corrected chi connectivity index (χ0v) is 37.7. The van der Waals surface area contributed by atoms with Gasteiger partial charge in [0.1, 0.15) is 24.2 Å². The molecule has 0 spiro atoms. The summed E-state index contributed by atoms with van der Waals surface area (Å²) in [6, 6.07) is 21.4. The number of benzene rings is 4. The van der Waals surface area contributed by atoms with E-state index in [1.165, 1.54) is 39.6 Å². The van der Waals surface area contributed by atoms with Crippen LogP contribution in [-0.2, 0) is 43.1 Å². The summed E-state index contributed by atoms with van der Waals surface area (Å²) >= 11 is 0. The molecule has 6 rings (SSSR count). The first-order valence-corrected chi connectivity index (χ1v) is 22.4. The van der Waals surface area contributed by atoms with Crippen molar-refractivity contribution < 1.29 is 46.4 Å². The highest BCUT2D eigenvalue weighted by Gasteiger charge is 2.21. The smallest absolute Gasteiger partial charge is 0.328 e. The van der Waals surface area contributed by atoms with E-state index in [4.69, 9.17) is 28.4 Å². The average molecular weight is 912 g/mol. The van der Waals surface area contributed by atoms with E-state index in [1.807, 2.05) is 20.8 Å². The molecule has 0 bridgehead atoms. The van der Waals surface area contributed by atoms with Gasteiger partial charge in [-0.05, 0) is 74.9 Å². The summed E-state index contributed by atoms with van der Waals surface area (Å²) < 4.78 is 66.0. The number of nitrogens with zero attached hydrogens (tertiary/aromatic N) is 3. The number of carbonyl (C=O) groups is 2. The van der Waals surface area contributed by atoms with Crippen molar-refractivity contribution in [3.8, 4) is 17.6 Å². The number of carbonyl (C=O) groups excluding carboxylic acids is 2. The number of nitrogens with one attached hydrogen (secondary N) is 4. The van der Waals surface area contributed by atoms with E-state index in [2.05, 4.69) is 26.4 Å². The van der Waals surface area contributed by atoms with Gasteiger partial charge in [-0.15, -0.1) is 0 Å². The number of sulfonamides is 1. The van der Waals surface area contributed by atoms with Gasteiger partial charge in [0, 0.05) is 43.9 Å². The zero-order valence-electron chi connectivity index (χ0n) is 36.9. The molecule has 0 unspecified atom stereocenters. The first-order chi connectivity index (χ1) is 31.3. The largest absolute Gasteiger partial charge is 0.490 e. The van der Waals surface area contributed by atoms with Crippen molar-refractivity contribution in [1.29, 1.82) is 5.26 Å². The Hall–Kier alpha value is -6.69. The average Bonchev–Trinajstić information content (AvgIpc) is 3.82. The van der Waals surface area contributed by atoms with Gasteiger partial charge in [0.2, 0.25) is 0 Å². The van der Waals surface area contributed by atoms with Gasteiger partial charge in [-0.25, -0.2) is 13.2 Å². The molecule has 0 fully saturated rings. The molecule has 0 aliphatic heterocycles. The normalized spacial score (nSPS) is 11.5. The van der Waals surface area contributed by atoms with E-state index in [0.29, 0.717) is 95.6 Å². The second-order valence-electron chi connectivity index (χ2n) is 15.0. The molecule has 0 atom stereocenters. The Bertz CT molecular complexity index is 2830. The van der Waals surface area contributed by atoms with Crippen LogP contribution in [0, 0.1) is 18.3 Å². The van der Waals surface area contributed by atoms with Crippen molar-refractivity contribution in [2.45, 2.75) is 31.8 Å². The van der Waals surface area contributed by atoms with Crippen molar-refractivity contribution >= 4 is 55.1 Å². The number of aromatic amines is 1. The Kier molecular flexibility index (Phi) is 16.4. The third-order valence-corrected chi connectivity index (χ3v) is 11.5. The third kappa shape index (κ3) is 12.1. The Balaban J connectivity index is 0.802. The summed E-state index contributed by atoms with van der Waals surface area (Å²) in [5, 5.41) is 15.7. The fourth-order valence-electron chi connectivity index (χ4n) is 6.84. The molecular weight excluding hydrogens is 859 g/mol. The van der Waals surface area contributed by atoms with Gasteiger partial charge >= 0.3 is 5.69 Å². The predicted octanol–water partition coefficient (Wildman–Crippen LogP) is 5.25. The van der Waals surface area contributed by atoms with Crippen LogP contribution in [0.3, 0.4) is 0 Å². The number of hydrogen-bond donors (Lipinski definition) is 4. The number of rotatable bonds is 24. The Morgan fingerprint density at radius 1 is 0.769 bits per heavy atom. The number of imidazole rings is 1. The van der Waals surface area contributed by atoms with Gasteiger partial charge in [0.05, 0.1) is 103 Å². The monoisotopic (exact) mass is 911 g/mol. The minimum Gasteiger partial charge on any atom is -0.490 e. The molecule has 65 heavy (non-hydrogen) atoms. The fraction of sp³-hybridized carbons (Fsp3) is 0.348. The number of nitriles is 1. The number of amides is 2. The fourth-order valence-corrected chi connectivity index (χ4v) is 7.91. The number of hydrogen-bond acceptors (Lipinski definition) is 12. The molecule has 0 aliphatic rings. The molecular formula is C46H53N7O11S. The summed E-state index contributed by atoms with van der Waals surface area (Å²) in [4.78, 5) is 41.6. The van der Waals surface area contributed by atoms with Crippen LogP contribution in [0.2, 0.25) is 0 Å². The molecule has 4 aromatic carbocycles. The number of aromatic nitrogens is 3. The van der Waals surface area contributed by atoms with Gasteiger partial charge in [-0.1, -0.05) is 18.2 Å². The third-order valence-electron chi connectivity index (χ3n) is 10.1. The van der Waals surface area contributed by atoms with Crippen LogP contribution in [0.4, 0.5) is 11.4 Å². The van der Waals surface area contributed by atoms with Crippen molar-refractivity contribution in [3.63, 3.8) is 0 Å². The standard InChI is InChI=1S/C46H53N7O11S/c1-30(2)64-41-27-39-38(52(4)46(56)53(39)5)26-37(41)50-45(55)35-8-6-7-9-40(35)63-25-24-62-23-22-61-21-20-60-19-18-59-17-16-48-44(54)32-11-13-34(14-12-32)65(57,58)51-36-15-10-31(3)42-33(28-47)29-49-43(36)42/h6-15,26-27,29-30,49,51H,16-25H2,1-5H3,(H,48,54)(H,50,55). The molecule has 0 radical (unpaired) electrons. The Labute approximate surface area is 376 Å². The highest BCUT2D eigenvalue weighted by Crippen LogP contribution is 2.33. The molecule has 19 heteroatoms. The van der Waals surface area contributed by atoms with Crippen LogP contribution in [0.5, 0.6) is 11.5 Å². The van der Waals surface area contributed by atoms with Crippen LogP contribution in [0.15, 0.2) is 88.7 Å². The lowest BCUT2D eigenvalue weighted by atomic mass is 10.1. The van der Waals surface area contributed by atoms with E-state index >= 15 is 0 Å². The maximum Gasteiger partial charge on any atom is 0.328 e. The summed E-state index contributed by atoms with van der Waals surface area (Å²) in [5.41, 5.74) is 4.27. The van der Waals surface area contributed by atoms with Gasteiger partial charge in [-0.2, -0.15) is 5.26 Å². The van der Waals surface area contributed by atoms with Crippen LogP contribution in [0.1, 0.15) is 45.7 Å². The first kappa shape index (κ1) is 47.8. The molecule has 2 aromatic heterocycles. The molecule has 0 saturated carbocycles. The van der Waals surface area contributed by atoms with E-state index in [0.717, 1.165) is 5.56 Å². The highest BCUT2D eigenvalue weighted by molar-refractivity contribution is 7.92. The van der Waals surface area contributed by atoms with E-state index < -0.39 is 15.9 Å². The molecule has 6 aromatic rings. The van der Waals surface area contributed by atoms with Gasteiger partial charge in [0.25, 0.3) is 21.8 Å². The van der Waals surface area contributed by atoms with E-state index in [9.17, 15) is 28.1 Å². The minimum atomic E-state index is -3.98. The van der Waals surface area contributed by atoms with Crippen LogP contribution in [0.25, 0.3) is 21.9 Å². The van der Waals surface area contributed by atoms with Crippen LogP contribution >= 0.6 is 0 Å². The molecule has 18 nitrogen and oxygen atoms in total. The lowest BCUT2D eigenvalue weighted by molar-refractivity contribution is -0.00424. The molecule has 0 aliphatic carbocycles. The molecule has 2 amide bonds. The second kappa shape index (κ2) is 22.3. The predicted molar refractivity (Wildman–Crippen MR) is 244 cm³/mol. The van der Waals surface area contributed by atoms with Crippen LogP contribution in [-0.4, -0.2) is 106 Å². The summed E-state index contributed by atoms with van der Waals surface area (Å²) in [5.74, 6) is 0.0570. The lowest BCUT2D eigenvalue weighted by Crippen LogP contribution is -2.27. The topological polar surface area (TPSA) is 226 Å². The minimum absolute atomic E-state index is 0.0230. The first-order valence-electron chi connectivity index (χ1n) is 20.9. The zero-order chi connectivity index (χ0) is 46.5. The van der Waals surface area contributed by atoms with Crippen molar-refractivity contribution in [3.05, 3.63) is 112 Å². The molecule has 344 valence electrons. The Morgan fingerprint density at radius 2 is 1.38 bits per heavy atom. The van der Waals surface area contributed by atoms with E-state index in [-0.39, 0.29) is 54.5 Å². The molecule has 2 heterocycles. The number of para-hydroxylation sites is 1. The number of ether oxygens (including phenoxy) is 6. The number of fused-ring (bicyclic) bond motifs is 2. The maximum atomic E-state index is 13.5. The summed E-state index contributed by atoms with van der Waals surface area (Å²) in [6.45, 7) is 8.63. The summed E-state index contributed by atoms with van der Waals surface area (Å²) in [7, 11) is -0.618. The van der Waals surface area contributed by atoms with Gasteiger partial charge < -0.3 is 44.0 Å². The van der Waals surface area contributed by atoms with Crippen LogP contribution < -0.4 is 30.5 Å². The van der Waals surface area contributed by atoms with Crippen molar-refractivity contribution in [2.75, 3.05) is 76.0 Å². The maximum absolute atomic E-state index is 13.5. The SMILES string of the molecule is Cc1ccc(NS(=O)(=O)c2ccc(C(=O)NCCOCCOCCOCCOCCOc3ccccc3C(=O)Nc3cc4c(cc3OC(C)C)n(C)c(=O)n4C)cc2)c2[nH]cc(C#N)c12. The number of H-pyrrole nitrogens is 1. The second-order valence-corrected chi connectivity index (χ2v) is 16.7. The lowest BCUT2D eigenvalue weighted by Gasteiger charge is -2.17.